The summed E-state index contributed by atoms with van der Waals surface area (Å²) < 4.78 is 0. The van der Waals surface area contributed by atoms with Crippen molar-refractivity contribution in [3.8, 4) is 0 Å². The molecule has 0 aromatic heterocycles. The molecule has 3 aromatic carbocycles. The van der Waals surface area contributed by atoms with Gasteiger partial charge >= 0.3 is 0 Å². The zero-order valence-electron chi connectivity index (χ0n) is 23.9. The molecule has 1 aliphatic heterocycles. The molecule has 4 nitrogen and oxygen atoms in total. The van der Waals surface area contributed by atoms with Crippen molar-refractivity contribution in [1.29, 1.82) is 0 Å². The van der Waals surface area contributed by atoms with Gasteiger partial charge in [0, 0.05) is 16.5 Å². The number of anilines is 1. The third kappa shape index (κ3) is 5.14. The minimum Gasteiger partial charge on any atom is -0.349 e. The van der Waals surface area contributed by atoms with Crippen LogP contribution in [0.25, 0.3) is 6.08 Å². The summed E-state index contributed by atoms with van der Waals surface area (Å²) in [5, 5.41) is 3.39. The molecule has 2 amide bonds. The number of hydrogen-bond donors (Lipinski definition) is 1. The van der Waals surface area contributed by atoms with E-state index in [0.717, 1.165) is 39.5 Å². The summed E-state index contributed by atoms with van der Waals surface area (Å²) >= 11 is 1.51. The molecule has 5 aliphatic rings. The summed E-state index contributed by atoms with van der Waals surface area (Å²) in [7, 11) is 0. The van der Waals surface area contributed by atoms with Crippen molar-refractivity contribution >= 4 is 35.3 Å². The number of amides is 2. The van der Waals surface area contributed by atoms with Gasteiger partial charge in [-0.2, -0.15) is 0 Å². The number of fused-ring (bicyclic) bond motifs is 1. The number of nitrogens with zero attached hydrogens (tertiary/aromatic N) is 1. The predicted octanol–water partition coefficient (Wildman–Crippen LogP) is 8.01. The highest BCUT2D eigenvalue weighted by molar-refractivity contribution is 8.04. The van der Waals surface area contributed by atoms with E-state index in [1.165, 1.54) is 55.9 Å². The van der Waals surface area contributed by atoms with Crippen molar-refractivity contribution in [1.82, 2.24) is 5.32 Å². The minimum atomic E-state index is 0.00132. The molecular formula is C36H38N2O2S. The van der Waals surface area contributed by atoms with Crippen molar-refractivity contribution in [2.24, 2.45) is 23.2 Å². The van der Waals surface area contributed by atoms with Crippen LogP contribution in [0.1, 0.15) is 72.5 Å². The summed E-state index contributed by atoms with van der Waals surface area (Å²) in [6, 6.07) is 24.3. The highest BCUT2D eigenvalue weighted by atomic mass is 32.2. The first-order valence-corrected chi connectivity index (χ1v) is 15.9. The summed E-state index contributed by atoms with van der Waals surface area (Å²) in [6.45, 7) is 4.83. The van der Waals surface area contributed by atoms with Crippen LogP contribution >= 0.6 is 11.8 Å². The molecule has 41 heavy (non-hydrogen) atoms. The van der Waals surface area contributed by atoms with Gasteiger partial charge in [-0.3, -0.25) is 9.59 Å². The van der Waals surface area contributed by atoms with Crippen molar-refractivity contribution in [3.63, 3.8) is 0 Å². The van der Waals surface area contributed by atoms with Crippen molar-refractivity contribution in [3.05, 3.63) is 100.0 Å². The molecular weight excluding hydrogens is 524 g/mol. The lowest BCUT2D eigenvalue weighted by Gasteiger charge is -2.59. The third-order valence-electron chi connectivity index (χ3n) is 10.1. The molecule has 0 saturated heterocycles. The Labute approximate surface area is 247 Å². The van der Waals surface area contributed by atoms with Crippen LogP contribution in [0.15, 0.2) is 82.6 Å². The number of aryl methyl sites for hydroxylation is 1. The lowest BCUT2D eigenvalue weighted by molar-refractivity contribution is -0.114. The molecule has 4 fully saturated rings. The highest BCUT2D eigenvalue weighted by Gasteiger charge is 2.53. The Balaban J connectivity index is 1.07. The number of nitrogens with one attached hydrogen (secondary N) is 1. The molecule has 5 heteroatoms. The van der Waals surface area contributed by atoms with Crippen molar-refractivity contribution < 1.29 is 9.59 Å². The lowest BCUT2D eigenvalue weighted by atomic mass is 9.48. The normalized spacial score (nSPS) is 28.0. The minimum absolute atomic E-state index is 0.00132. The summed E-state index contributed by atoms with van der Waals surface area (Å²) in [6.07, 6.45) is 10.0. The lowest BCUT2D eigenvalue weighted by Crippen LogP contribution is -2.55. The first-order valence-electron chi connectivity index (χ1n) is 15.1. The average molecular weight is 563 g/mol. The van der Waals surface area contributed by atoms with E-state index in [1.54, 1.807) is 0 Å². The second-order valence-corrected chi connectivity index (χ2v) is 14.1. The van der Waals surface area contributed by atoms with Crippen LogP contribution in [0, 0.1) is 30.1 Å². The Morgan fingerprint density at radius 1 is 0.976 bits per heavy atom. The quantitative estimate of drug-likeness (QED) is 0.310. The molecule has 4 saturated carbocycles. The molecule has 1 atom stereocenters. The summed E-state index contributed by atoms with van der Waals surface area (Å²) in [5.74, 6) is 2.62. The average Bonchev–Trinajstić information content (AvgIpc) is 2.95. The van der Waals surface area contributed by atoms with Gasteiger partial charge in [-0.1, -0.05) is 65.9 Å². The topological polar surface area (TPSA) is 49.4 Å². The Hall–Kier alpha value is -3.31. The third-order valence-corrected chi connectivity index (χ3v) is 11.2. The van der Waals surface area contributed by atoms with E-state index in [9.17, 15) is 9.59 Å². The molecule has 8 rings (SSSR count). The Morgan fingerprint density at radius 2 is 1.66 bits per heavy atom. The van der Waals surface area contributed by atoms with E-state index < -0.39 is 0 Å². The first-order chi connectivity index (χ1) is 19.8. The van der Waals surface area contributed by atoms with Crippen LogP contribution in [0.2, 0.25) is 0 Å². The smallest absolute Gasteiger partial charge is 0.265 e. The van der Waals surface area contributed by atoms with Gasteiger partial charge in [-0.25, -0.2) is 0 Å². The zero-order chi connectivity index (χ0) is 28.1. The van der Waals surface area contributed by atoms with Gasteiger partial charge in [0.05, 0.1) is 17.1 Å². The van der Waals surface area contributed by atoms with Gasteiger partial charge in [0.1, 0.15) is 0 Å². The fraction of sp³-hybridized carbons (Fsp3) is 0.389. The predicted molar refractivity (Wildman–Crippen MR) is 167 cm³/mol. The van der Waals surface area contributed by atoms with Gasteiger partial charge in [0.2, 0.25) is 0 Å². The van der Waals surface area contributed by atoms with E-state index in [1.807, 2.05) is 59.5 Å². The zero-order valence-corrected chi connectivity index (χ0v) is 24.8. The monoisotopic (exact) mass is 562 g/mol. The molecule has 0 spiro atoms. The maximum Gasteiger partial charge on any atom is 0.265 e. The van der Waals surface area contributed by atoms with Crippen LogP contribution in [0.4, 0.5) is 5.69 Å². The first kappa shape index (κ1) is 26.6. The van der Waals surface area contributed by atoms with Gasteiger partial charge in [-0.05, 0) is 117 Å². The molecule has 210 valence electrons. The highest BCUT2D eigenvalue weighted by Crippen LogP contribution is 2.61. The van der Waals surface area contributed by atoms with Crippen LogP contribution in [-0.2, 0) is 11.3 Å². The van der Waals surface area contributed by atoms with E-state index in [2.05, 4.69) is 43.4 Å². The van der Waals surface area contributed by atoms with E-state index in [0.29, 0.717) is 17.0 Å². The Bertz CT molecular complexity index is 1490. The van der Waals surface area contributed by atoms with Crippen molar-refractivity contribution in [2.75, 3.05) is 4.90 Å². The fourth-order valence-corrected chi connectivity index (χ4v) is 9.49. The molecule has 3 aromatic rings. The number of thioether (sulfide) groups is 1. The van der Waals surface area contributed by atoms with Gasteiger partial charge in [0.25, 0.3) is 11.8 Å². The number of hydrogen-bond acceptors (Lipinski definition) is 3. The number of para-hydroxylation sites is 1. The SMILES string of the molecule is Cc1cccc(CN2C(=O)/C(=C\c3ccc(C(=O)NC(C)C45CC6CC(CC(C6)C4)C5)cc3)Sc3ccccc32)c1. The molecule has 0 radical (unpaired) electrons. The molecule has 1 unspecified atom stereocenters. The maximum absolute atomic E-state index is 13.7. The van der Waals surface area contributed by atoms with Crippen LogP contribution in [0.3, 0.4) is 0 Å². The van der Waals surface area contributed by atoms with Crippen LogP contribution in [-0.4, -0.2) is 17.9 Å². The molecule has 4 aliphatic carbocycles. The molecule has 1 heterocycles. The van der Waals surface area contributed by atoms with Crippen LogP contribution in [0.5, 0.6) is 0 Å². The van der Waals surface area contributed by atoms with Crippen LogP contribution < -0.4 is 10.2 Å². The van der Waals surface area contributed by atoms with Gasteiger partial charge in [0.15, 0.2) is 0 Å². The number of rotatable bonds is 6. The second-order valence-electron chi connectivity index (χ2n) is 13.1. The standard InChI is InChI=1S/C36H38N2O2S/c1-23-6-5-7-26(14-23)22-38-31-8-3-4-9-32(31)41-33(35(38)40)18-25-10-12-30(13-11-25)34(39)37-24(2)36-19-27-15-28(20-36)17-29(16-27)21-36/h3-14,18,24,27-29H,15-17,19-22H2,1-2H3,(H,37,39)/b33-18+. The molecule has 1 N–H and O–H groups in total. The molecule has 4 bridgehead atoms. The van der Waals surface area contributed by atoms with Gasteiger partial charge in [-0.15, -0.1) is 0 Å². The van der Waals surface area contributed by atoms with Gasteiger partial charge < -0.3 is 10.2 Å². The van der Waals surface area contributed by atoms with E-state index in [4.69, 9.17) is 0 Å². The van der Waals surface area contributed by atoms with E-state index >= 15 is 0 Å². The van der Waals surface area contributed by atoms with Crippen molar-refractivity contribution in [2.45, 2.75) is 69.9 Å². The number of benzene rings is 3. The largest absolute Gasteiger partial charge is 0.349 e. The Kier molecular flexibility index (Phi) is 6.81. The fourth-order valence-electron chi connectivity index (χ4n) is 8.44. The number of carbonyl (C=O) groups is 2. The second kappa shape index (κ2) is 10.5. The number of carbonyl (C=O) groups excluding carboxylic acids is 2. The maximum atomic E-state index is 13.7. The summed E-state index contributed by atoms with van der Waals surface area (Å²) in [5.41, 5.74) is 5.12. The van der Waals surface area contributed by atoms with E-state index in [-0.39, 0.29) is 23.3 Å². The Morgan fingerprint density at radius 3 is 2.34 bits per heavy atom. The summed E-state index contributed by atoms with van der Waals surface area (Å²) in [4.78, 5) is 30.6.